The minimum atomic E-state index is 0.510. The van der Waals surface area contributed by atoms with Crippen LogP contribution in [0.3, 0.4) is 0 Å². The molecule has 9 heteroatoms. The summed E-state index contributed by atoms with van der Waals surface area (Å²) in [6, 6.07) is 10.00. The van der Waals surface area contributed by atoms with Crippen molar-refractivity contribution in [2.45, 2.75) is 0 Å². The number of ether oxygens (including phenoxy) is 8. The molecule has 2 N–H and O–H groups in total. The van der Waals surface area contributed by atoms with E-state index in [4.69, 9.17) is 43.6 Å². The van der Waals surface area contributed by atoms with Crippen molar-refractivity contribution in [2.24, 2.45) is 5.73 Å². The molecule has 190 valence electrons. The largest absolute Gasteiger partial charge is 0.499 e. The third-order valence-corrected chi connectivity index (χ3v) is 4.00. The van der Waals surface area contributed by atoms with Crippen molar-refractivity contribution < 1.29 is 37.9 Å². The van der Waals surface area contributed by atoms with Crippen molar-refractivity contribution in [3.05, 3.63) is 42.2 Å². The van der Waals surface area contributed by atoms with Crippen molar-refractivity contribution in [1.82, 2.24) is 0 Å². The molecule has 0 unspecified atom stereocenters. The molecule has 0 amide bonds. The molecule has 0 aromatic heterocycles. The SMILES string of the molecule is NCCOCCOCCOCCOCCOCCOCCOCCOC=Cc1ccccc1. The van der Waals surface area contributed by atoms with Crippen molar-refractivity contribution in [3.8, 4) is 0 Å². The van der Waals surface area contributed by atoms with E-state index in [-0.39, 0.29) is 0 Å². The Labute approximate surface area is 198 Å². The van der Waals surface area contributed by atoms with E-state index in [2.05, 4.69) is 0 Å². The molecule has 0 saturated heterocycles. The fourth-order valence-corrected chi connectivity index (χ4v) is 2.37. The quantitative estimate of drug-likeness (QED) is 0.169. The number of rotatable bonds is 25. The first-order valence-corrected chi connectivity index (χ1v) is 11.5. The summed E-state index contributed by atoms with van der Waals surface area (Å²) in [7, 11) is 0. The summed E-state index contributed by atoms with van der Waals surface area (Å²) in [5, 5.41) is 0. The molecule has 0 aliphatic heterocycles. The zero-order valence-corrected chi connectivity index (χ0v) is 19.7. The second kappa shape index (κ2) is 25.1. The minimum Gasteiger partial charge on any atom is -0.499 e. The first-order chi connectivity index (χ1) is 16.4. The van der Waals surface area contributed by atoms with E-state index >= 15 is 0 Å². The van der Waals surface area contributed by atoms with Gasteiger partial charge in [0.2, 0.25) is 0 Å². The van der Waals surface area contributed by atoms with Gasteiger partial charge in [-0.3, -0.25) is 0 Å². The zero-order chi connectivity index (χ0) is 23.5. The predicted molar refractivity (Wildman–Crippen MR) is 126 cm³/mol. The Kier molecular flexibility index (Phi) is 22.4. The van der Waals surface area contributed by atoms with E-state index in [1.54, 1.807) is 6.26 Å². The molecule has 33 heavy (non-hydrogen) atoms. The number of hydrogen-bond acceptors (Lipinski definition) is 9. The third-order valence-electron chi connectivity index (χ3n) is 4.00. The Balaban J connectivity index is 1.66. The molecule has 0 heterocycles. The van der Waals surface area contributed by atoms with Gasteiger partial charge in [0.1, 0.15) is 6.61 Å². The Bertz CT molecular complexity index is 532. The van der Waals surface area contributed by atoms with Crippen LogP contribution in [0.4, 0.5) is 0 Å². The molecule has 0 saturated carbocycles. The molecule has 0 fully saturated rings. The first-order valence-electron chi connectivity index (χ1n) is 11.5. The van der Waals surface area contributed by atoms with Gasteiger partial charge < -0.3 is 43.6 Å². The fourth-order valence-electron chi connectivity index (χ4n) is 2.37. The summed E-state index contributed by atoms with van der Waals surface area (Å²) in [6.45, 7) is 8.55. The second-order valence-corrected chi connectivity index (χ2v) is 6.66. The van der Waals surface area contributed by atoms with Gasteiger partial charge in [0.15, 0.2) is 0 Å². The maximum absolute atomic E-state index is 5.45. The Morgan fingerprint density at radius 3 is 1.24 bits per heavy atom. The van der Waals surface area contributed by atoms with Crippen LogP contribution in [0.15, 0.2) is 36.6 Å². The van der Waals surface area contributed by atoms with Gasteiger partial charge in [-0.1, -0.05) is 30.3 Å². The number of hydrogen-bond donors (Lipinski definition) is 1. The lowest BCUT2D eigenvalue weighted by molar-refractivity contribution is -0.0214. The van der Waals surface area contributed by atoms with Crippen molar-refractivity contribution in [2.75, 3.05) is 106 Å². The highest BCUT2D eigenvalue weighted by Crippen LogP contribution is 2.00. The van der Waals surface area contributed by atoms with Crippen molar-refractivity contribution in [3.63, 3.8) is 0 Å². The first kappa shape index (κ1) is 29.5. The van der Waals surface area contributed by atoms with Gasteiger partial charge in [-0.25, -0.2) is 0 Å². The zero-order valence-electron chi connectivity index (χ0n) is 19.7. The molecule has 0 radical (unpaired) electrons. The smallest absolute Gasteiger partial charge is 0.111 e. The molecule has 0 aliphatic rings. The maximum atomic E-state index is 5.45. The van der Waals surface area contributed by atoms with E-state index in [9.17, 15) is 0 Å². The second-order valence-electron chi connectivity index (χ2n) is 6.66. The highest BCUT2D eigenvalue weighted by molar-refractivity contribution is 5.47. The molecule has 0 atom stereocenters. The monoisotopic (exact) mass is 471 g/mol. The third kappa shape index (κ3) is 22.0. The van der Waals surface area contributed by atoms with E-state index in [1.807, 2.05) is 36.4 Å². The highest BCUT2D eigenvalue weighted by Gasteiger charge is 1.94. The summed E-state index contributed by atoms with van der Waals surface area (Å²) >= 11 is 0. The standard InChI is InChI=1S/C24H41NO8/c25-7-9-27-11-13-29-15-17-31-19-21-33-23-22-32-20-18-30-16-14-28-12-10-26-8-6-24-4-2-1-3-5-24/h1-6,8H,7,9-23,25H2. The molecule has 1 aromatic rings. The van der Waals surface area contributed by atoms with Gasteiger partial charge in [-0.2, -0.15) is 0 Å². The van der Waals surface area contributed by atoms with Crippen LogP contribution >= 0.6 is 0 Å². The average molecular weight is 472 g/mol. The van der Waals surface area contributed by atoms with Crippen molar-refractivity contribution in [1.29, 1.82) is 0 Å². The molecule has 1 rings (SSSR count). The summed E-state index contributed by atoms with van der Waals surface area (Å²) < 4.78 is 43.1. The van der Waals surface area contributed by atoms with Crippen LogP contribution in [0.25, 0.3) is 6.08 Å². The van der Waals surface area contributed by atoms with Gasteiger partial charge in [-0.05, 0) is 11.6 Å². The number of nitrogens with two attached hydrogens (primary N) is 1. The minimum absolute atomic E-state index is 0.510. The topological polar surface area (TPSA) is 99.9 Å². The summed E-state index contributed by atoms with van der Waals surface area (Å²) in [5.74, 6) is 0. The summed E-state index contributed by atoms with van der Waals surface area (Å²) in [5.41, 5.74) is 6.42. The van der Waals surface area contributed by atoms with Crippen LogP contribution in [0.5, 0.6) is 0 Å². The van der Waals surface area contributed by atoms with Crippen LogP contribution in [0.2, 0.25) is 0 Å². The van der Waals surface area contributed by atoms with E-state index in [1.165, 1.54) is 0 Å². The summed E-state index contributed by atoms with van der Waals surface area (Å²) in [4.78, 5) is 0. The van der Waals surface area contributed by atoms with Gasteiger partial charge in [0.25, 0.3) is 0 Å². The highest BCUT2D eigenvalue weighted by atomic mass is 16.6. The molecular weight excluding hydrogens is 430 g/mol. The predicted octanol–water partition coefficient (Wildman–Crippen LogP) is 1.75. The van der Waals surface area contributed by atoms with Crippen molar-refractivity contribution >= 4 is 6.08 Å². The van der Waals surface area contributed by atoms with Crippen LogP contribution in [0.1, 0.15) is 5.56 Å². The Morgan fingerprint density at radius 2 is 0.848 bits per heavy atom. The molecule has 1 aromatic carbocycles. The average Bonchev–Trinajstić information content (AvgIpc) is 2.84. The van der Waals surface area contributed by atoms with Gasteiger partial charge in [0.05, 0.1) is 98.8 Å². The molecular formula is C24H41NO8. The van der Waals surface area contributed by atoms with Crippen LogP contribution in [0, 0.1) is 0 Å². The van der Waals surface area contributed by atoms with Gasteiger partial charge in [-0.15, -0.1) is 0 Å². The Hall–Kier alpha value is -1.56. The number of benzene rings is 1. The van der Waals surface area contributed by atoms with Gasteiger partial charge in [0, 0.05) is 6.54 Å². The van der Waals surface area contributed by atoms with E-state index in [0.29, 0.717) is 106 Å². The lowest BCUT2D eigenvalue weighted by Gasteiger charge is -2.08. The van der Waals surface area contributed by atoms with Gasteiger partial charge >= 0.3 is 0 Å². The van der Waals surface area contributed by atoms with Crippen LogP contribution in [-0.2, 0) is 37.9 Å². The lowest BCUT2D eigenvalue weighted by atomic mass is 10.2. The van der Waals surface area contributed by atoms with Crippen LogP contribution < -0.4 is 5.73 Å². The van der Waals surface area contributed by atoms with E-state index < -0.39 is 0 Å². The molecule has 0 aliphatic carbocycles. The normalized spacial score (nSPS) is 11.4. The lowest BCUT2D eigenvalue weighted by Crippen LogP contribution is -2.15. The maximum Gasteiger partial charge on any atom is 0.111 e. The summed E-state index contributed by atoms with van der Waals surface area (Å²) in [6.07, 6.45) is 3.60. The van der Waals surface area contributed by atoms with Crippen LogP contribution in [-0.4, -0.2) is 106 Å². The molecule has 0 spiro atoms. The fraction of sp³-hybridized carbons (Fsp3) is 0.667. The molecule has 0 bridgehead atoms. The molecule has 9 nitrogen and oxygen atoms in total. The Morgan fingerprint density at radius 1 is 0.485 bits per heavy atom. The van der Waals surface area contributed by atoms with E-state index in [0.717, 1.165) is 5.56 Å².